The van der Waals surface area contributed by atoms with Crippen LogP contribution in [0, 0.1) is 12.8 Å². The predicted molar refractivity (Wildman–Crippen MR) is 99.7 cm³/mol. The summed E-state index contributed by atoms with van der Waals surface area (Å²) in [7, 11) is 0. The van der Waals surface area contributed by atoms with Crippen molar-refractivity contribution < 1.29 is 9.59 Å². The van der Waals surface area contributed by atoms with Crippen LogP contribution in [0.15, 0.2) is 4.34 Å². The smallest absolute Gasteiger partial charge is 0.224 e. The lowest BCUT2D eigenvalue weighted by Gasteiger charge is -2.36. The van der Waals surface area contributed by atoms with E-state index in [1.165, 1.54) is 12.8 Å². The molecular formula is C17H26N4O2S2. The highest BCUT2D eigenvalue weighted by Gasteiger charge is 2.34. The molecule has 1 aromatic rings. The van der Waals surface area contributed by atoms with Crippen LogP contribution in [0.4, 0.5) is 0 Å². The Balaban J connectivity index is 1.36. The average molecular weight is 383 g/mol. The summed E-state index contributed by atoms with van der Waals surface area (Å²) in [6.07, 6.45) is 6.72. The normalized spacial score (nSPS) is 21.7. The van der Waals surface area contributed by atoms with Gasteiger partial charge in [0.1, 0.15) is 5.01 Å². The largest absolute Gasteiger partial charge is 0.356 e. The number of carbonyl (C=O) groups is 2. The van der Waals surface area contributed by atoms with Gasteiger partial charge < -0.3 is 10.2 Å². The molecule has 8 heteroatoms. The first-order valence-electron chi connectivity index (χ1n) is 9.13. The fourth-order valence-electron chi connectivity index (χ4n) is 3.58. The van der Waals surface area contributed by atoms with Gasteiger partial charge in [-0.05, 0) is 32.6 Å². The van der Waals surface area contributed by atoms with Crippen LogP contribution in [-0.4, -0.2) is 51.8 Å². The van der Waals surface area contributed by atoms with Crippen LogP contribution in [0.2, 0.25) is 0 Å². The maximum absolute atomic E-state index is 12.4. The second-order valence-electron chi connectivity index (χ2n) is 6.80. The van der Waals surface area contributed by atoms with Crippen molar-refractivity contribution in [3.63, 3.8) is 0 Å². The monoisotopic (exact) mass is 382 g/mol. The molecule has 6 nitrogen and oxygen atoms in total. The first kappa shape index (κ1) is 18.6. The molecule has 1 aromatic heterocycles. The number of aromatic nitrogens is 2. The summed E-state index contributed by atoms with van der Waals surface area (Å²) in [6, 6.07) is 0.370. The zero-order valence-electron chi connectivity index (χ0n) is 14.7. The van der Waals surface area contributed by atoms with Gasteiger partial charge in [0.05, 0.1) is 5.92 Å². The van der Waals surface area contributed by atoms with Gasteiger partial charge in [0, 0.05) is 31.3 Å². The molecule has 2 heterocycles. The van der Waals surface area contributed by atoms with E-state index >= 15 is 0 Å². The van der Waals surface area contributed by atoms with E-state index in [-0.39, 0.29) is 17.7 Å². The Morgan fingerprint density at radius 1 is 1.32 bits per heavy atom. The van der Waals surface area contributed by atoms with Crippen LogP contribution in [0.5, 0.6) is 0 Å². The summed E-state index contributed by atoms with van der Waals surface area (Å²) in [6.45, 7) is 3.23. The zero-order valence-corrected chi connectivity index (χ0v) is 16.3. The Hall–Kier alpha value is -1.15. The number of hydrogen-bond donors (Lipinski definition) is 1. The van der Waals surface area contributed by atoms with Crippen LogP contribution in [0.25, 0.3) is 0 Å². The molecular weight excluding hydrogens is 356 g/mol. The second kappa shape index (κ2) is 8.98. The number of carbonyl (C=O) groups excluding carboxylic acids is 2. The lowest BCUT2D eigenvalue weighted by molar-refractivity contribution is -0.140. The number of nitrogens with one attached hydrogen (secondary N) is 1. The fraction of sp³-hybridized carbons (Fsp3) is 0.765. The van der Waals surface area contributed by atoms with E-state index in [9.17, 15) is 9.59 Å². The van der Waals surface area contributed by atoms with Gasteiger partial charge in [-0.25, -0.2) is 0 Å². The number of hydrogen-bond acceptors (Lipinski definition) is 6. The van der Waals surface area contributed by atoms with Crippen molar-refractivity contribution >= 4 is 34.9 Å². The number of likely N-dealkylation sites (tertiary alicyclic amines) is 1. The molecule has 1 saturated heterocycles. The van der Waals surface area contributed by atoms with Gasteiger partial charge in [-0.15, -0.1) is 10.2 Å². The molecule has 2 fully saturated rings. The quantitative estimate of drug-likeness (QED) is 0.579. The third-order valence-corrected chi connectivity index (χ3v) is 6.99. The summed E-state index contributed by atoms with van der Waals surface area (Å²) in [5.74, 6) is 1.22. The molecule has 1 N–H and O–H groups in total. The molecule has 1 saturated carbocycles. The SMILES string of the molecule is Cc1nnc(SCCCNC(=O)C2CCC(=O)N(C3CCCC3)C2)s1. The first-order chi connectivity index (χ1) is 12.1. The molecule has 0 radical (unpaired) electrons. The Morgan fingerprint density at radius 2 is 2.12 bits per heavy atom. The topological polar surface area (TPSA) is 75.2 Å². The van der Waals surface area contributed by atoms with Crippen LogP contribution >= 0.6 is 23.1 Å². The summed E-state index contributed by atoms with van der Waals surface area (Å²) in [4.78, 5) is 26.6. The lowest BCUT2D eigenvalue weighted by Crippen LogP contribution is -2.49. The third-order valence-electron chi connectivity index (χ3n) is 4.93. The molecule has 1 aliphatic heterocycles. The molecule has 1 unspecified atom stereocenters. The Labute approximate surface area is 157 Å². The molecule has 3 rings (SSSR count). The maximum atomic E-state index is 12.4. The average Bonchev–Trinajstić information content (AvgIpc) is 3.26. The highest BCUT2D eigenvalue weighted by molar-refractivity contribution is 8.01. The van der Waals surface area contributed by atoms with Crippen LogP contribution in [-0.2, 0) is 9.59 Å². The summed E-state index contributed by atoms with van der Waals surface area (Å²) < 4.78 is 0.988. The number of piperidine rings is 1. The Bertz CT molecular complexity index is 601. The van der Waals surface area contributed by atoms with Crippen LogP contribution < -0.4 is 5.32 Å². The molecule has 2 amide bonds. The van der Waals surface area contributed by atoms with Gasteiger partial charge in [0.15, 0.2) is 4.34 Å². The third kappa shape index (κ3) is 5.17. The van der Waals surface area contributed by atoms with Gasteiger partial charge in [0.25, 0.3) is 0 Å². The molecule has 1 atom stereocenters. The Kier molecular flexibility index (Phi) is 6.70. The molecule has 138 valence electrons. The van der Waals surface area contributed by atoms with Crippen molar-refractivity contribution in [1.82, 2.24) is 20.4 Å². The van der Waals surface area contributed by atoms with Crippen molar-refractivity contribution in [2.24, 2.45) is 5.92 Å². The summed E-state index contributed by atoms with van der Waals surface area (Å²) in [5, 5.41) is 12.1. The van der Waals surface area contributed by atoms with Crippen molar-refractivity contribution in [2.75, 3.05) is 18.8 Å². The minimum absolute atomic E-state index is 0.0447. The standard InChI is InChI=1S/C17H26N4O2S2/c1-12-19-20-17(25-12)24-10-4-9-18-16(23)13-7-8-15(22)21(11-13)14-5-2-3-6-14/h13-14H,2-11H2,1H3,(H,18,23). The molecule has 2 aliphatic rings. The number of amides is 2. The summed E-state index contributed by atoms with van der Waals surface area (Å²) in [5.41, 5.74) is 0. The lowest BCUT2D eigenvalue weighted by atomic mass is 9.95. The molecule has 1 aliphatic carbocycles. The van der Waals surface area contributed by atoms with Crippen molar-refractivity contribution in [3.8, 4) is 0 Å². The van der Waals surface area contributed by atoms with Crippen molar-refractivity contribution in [3.05, 3.63) is 5.01 Å². The van der Waals surface area contributed by atoms with E-state index < -0.39 is 0 Å². The van der Waals surface area contributed by atoms with Gasteiger partial charge in [-0.3, -0.25) is 9.59 Å². The van der Waals surface area contributed by atoms with Gasteiger partial charge in [-0.2, -0.15) is 0 Å². The second-order valence-corrected chi connectivity index (χ2v) is 9.32. The molecule has 0 aromatic carbocycles. The van der Waals surface area contributed by atoms with E-state index in [0.29, 0.717) is 32.0 Å². The van der Waals surface area contributed by atoms with E-state index in [0.717, 1.165) is 34.4 Å². The minimum Gasteiger partial charge on any atom is -0.356 e. The Morgan fingerprint density at radius 3 is 2.84 bits per heavy atom. The summed E-state index contributed by atoms with van der Waals surface area (Å²) >= 11 is 3.29. The fourth-order valence-corrected chi connectivity index (χ4v) is 5.40. The number of aryl methyl sites for hydroxylation is 1. The van der Waals surface area contributed by atoms with Crippen LogP contribution in [0.3, 0.4) is 0 Å². The number of thioether (sulfide) groups is 1. The highest BCUT2D eigenvalue weighted by Crippen LogP contribution is 2.28. The zero-order chi connectivity index (χ0) is 17.6. The van der Waals surface area contributed by atoms with E-state index in [4.69, 9.17) is 0 Å². The maximum Gasteiger partial charge on any atom is 0.224 e. The van der Waals surface area contributed by atoms with E-state index in [1.807, 2.05) is 11.8 Å². The number of nitrogens with zero attached hydrogens (tertiary/aromatic N) is 3. The predicted octanol–water partition coefficient (Wildman–Crippen LogP) is 2.63. The van der Waals surface area contributed by atoms with Crippen LogP contribution in [0.1, 0.15) is 50.0 Å². The van der Waals surface area contributed by atoms with Gasteiger partial charge in [0.2, 0.25) is 11.8 Å². The molecule has 0 spiro atoms. The molecule has 25 heavy (non-hydrogen) atoms. The highest BCUT2D eigenvalue weighted by atomic mass is 32.2. The van der Waals surface area contributed by atoms with E-state index in [1.54, 1.807) is 23.1 Å². The molecule has 0 bridgehead atoms. The van der Waals surface area contributed by atoms with Gasteiger partial charge in [-0.1, -0.05) is 35.9 Å². The van der Waals surface area contributed by atoms with E-state index in [2.05, 4.69) is 15.5 Å². The first-order valence-corrected chi connectivity index (χ1v) is 10.9. The van der Waals surface area contributed by atoms with Crippen molar-refractivity contribution in [2.45, 2.75) is 62.3 Å². The van der Waals surface area contributed by atoms with Crippen molar-refractivity contribution in [1.29, 1.82) is 0 Å². The minimum atomic E-state index is -0.0447. The van der Waals surface area contributed by atoms with Gasteiger partial charge >= 0.3 is 0 Å². The number of rotatable bonds is 7.